The molecule has 2 atom stereocenters. The predicted octanol–water partition coefficient (Wildman–Crippen LogP) is 1.32. The standard InChI is InChI=1S/C12H20N4O/c1-4-8-6-9(8)14-12(17)11-10(13)7(3)15-16(11)5-2/h8-9H,4-6,13H2,1-3H3,(H,14,17). The summed E-state index contributed by atoms with van der Waals surface area (Å²) in [5, 5.41) is 7.27. The molecule has 1 aliphatic carbocycles. The molecule has 1 aliphatic rings. The number of nitrogens with one attached hydrogen (secondary N) is 1. The molecule has 1 amide bonds. The van der Waals surface area contributed by atoms with Crippen molar-refractivity contribution in [1.82, 2.24) is 15.1 Å². The number of nitrogen functional groups attached to an aromatic ring is 1. The number of aromatic nitrogens is 2. The highest BCUT2D eigenvalue weighted by Crippen LogP contribution is 2.33. The van der Waals surface area contributed by atoms with Gasteiger partial charge in [-0.2, -0.15) is 5.10 Å². The number of nitrogens with two attached hydrogens (primary N) is 1. The minimum Gasteiger partial charge on any atom is -0.395 e. The number of aryl methyl sites for hydroxylation is 2. The van der Waals surface area contributed by atoms with Crippen molar-refractivity contribution in [2.24, 2.45) is 5.92 Å². The van der Waals surface area contributed by atoms with Crippen molar-refractivity contribution in [3.8, 4) is 0 Å². The zero-order valence-corrected chi connectivity index (χ0v) is 10.7. The first-order valence-electron chi connectivity index (χ1n) is 6.22. The zero-order valence-electron chi connectivity index (χ0n) is 10.7. The predicted molar refractivity (Wildman–Crippen MR) is 66.7 cm³/mol. The van der Waals surface area contributed by atoms with Gasteiger partial charge in [-0.05, 0) is 26.2 Å². The van der Waals surface area contributed by atoms with Crippen LogP contribution in [0.4, 0.5) is 5.69 Å². The number of carbonyl (C=O) groups is 1. The van der Waals surface area contributed by atoms with Crippen molar-refractivity contribution < 1.29 is 4.79 Å². The molecule has 0 bridgehead atoms. The second-order valence-electron chi connectivity index (χ2n) is 4.65. The van der Waals surface area contributed by atoms with Crippen molar-refractivity contribution >= 4 is 11.6 Å². The lowest BCUT2D eigenvalue weighted by Crippen LogP contribution is -2.29. The number of carbonyl (C=O) groups excluding carboxylic acids is 1. The number of amides is 1. The summed E-state index contributed by atoms with van der Waals surface area (Å²) in [7, 11) is 0. The molecule has 0 spiro atoms. The smallest absolute Gasteiger partial charge is 0.271 e. The Morgan fingerprint density at radius 1 is 1.59 bits per heavy atom. The highest BCUT2D eigenvalue weighted by atomic mass is 16.2. The minimum absolute atomic E-state index is 0.0918. The van der Waals surface area contributed by atoms with Crippen LogP contribution in [0.3, 0.4) is 0 Å². The Bertz CT molecular complexity index is 438. The Hall–Kier alpha value is -1.52. The lowest BCUT2D eigenvalue weighted by molar-refractivity contribution is 0.0939. The summed E-state index contributed by atoms with van der Waals surface area (Å²) < 4.78 is 1.67. The van der Waals surface area contributed by atoms with E-state index in [9.17, 15) is 4.79 Å². The molecule has 1 aromatic rings. The maximum Gasteiger partial charge on any atom is 0.271 e. The maximum absolute atomic E-state index is 12.1. The summed E-state index contributed by atoms with van der Waals surface area (Å²) >= 11 is 0. The average Bonchev–Trinajstić information content (AvgIpc) is 2.99. The molecule has 0 aromatic carbocycles. The molecule has 1 fully saturated rings. The molecule has 17 heavy (non-hydrogen) atoms. The SMILES string of the molecule is CCC1CC1NC(=O)c1c(N)c(C)nn1CC. The topological polar surface area (TPSA) is 72.9 Å². The van der Waals surface area contributed by atoms with Gasteiger partial charge in [0.25, 0.3) is 5.91 Å². The molecule has 3 N–H and O–H groups in total. The highest BCUT2D eigenvalue weighted by molar-refractivity contribution is 5.98. The van der Waals surface area contributed by atoms with Crippen LogP contribution in [0.5, 0.6) is 0 Å². The second kappa shape index (κ2) is 4.39. The molecule has 0 aliphatic heterocycles. The van der Waals surface area contributed by atoms with E-state index < -0.39 is 0 Å². The van der Waals surface area contributed by atoms with Crippen molar-refractivity contribution in [1.29, 1.82) is 0 Å². The molecule has 1 saturated carbocycles. The molecule has 2 rings (SSSR count). The number of hydrogen-bond donors (Lipinski definition) is 2. The zero-order chi connectivity index (χ0) is 12.6. The van der Waals surface area contributed by atoms with Crippen molar-refractivity contribution in [3.63, 3.8) is 0 Å². The van der Waals surface area contributed by atoms with Gasteiger partial charge in [-0.25, -0.2) is 0 Å². The van der Waals surface area contributed by atoms with Gasteiger partial charge >= 0.3 is 0 Å². The third kappa shape index (κ3) is 2.14. The van der Waals surface area contributed by atoms with Crippen molar-refractivity contribution in [3.05, 3.63) is 11.4 Å². The summed E-state index contributed by atoms with van der Waals surface area (Å²) in [4.78, 5) is 12.1. The third-order valence-electron chi connectivity index (χ3n) is 3.45. The fourth-order valence-electron chi connectivity index (χ4n) is 2.18. The first-order chi connectivity index (χ1) is 8.08. The minimum atomic E-state index is -0.0918. The van der Waals surface area contributed by atoms with Crippen LogP contribution >= 0.6 is 0 Å². The van der Waals surface area contributed by atoms with Gasteiger partial charge < -0.3 is 11.1 Å². The van der Waals surface area contributed by atoms with E-state index in [0.717, 1.165) is 18.5 Å². The van der Waals surface area contributed by atoms with E-state index in [1.165, 1.54) is 0 Å². The van der Waals surface area contributed by atoms with Gasteiger partial charge in [0.15, 0.2) is 0 Å². The third-order valence-corrected chi connectivity index (χ3v) is 3.45. The Labute approximate surface area is 101 Å². The molecule has 1 aromatic heterocycles. The highest BCUT2D eigenvalue weighted by Gasteiger charge is 2.37. The molecule has 2 unspecified atom stereocenters. The molecule has 5 nitrogen and oxygen atoms in total. The summed E-state index contributed by atoms with van der Waals surface area (Å²) in [5.41, 5.74) is 7.63. The number of nitrogens with zero attached hydrogens (tertiary/aromatic N) is 2. The van der Waals surface area contributed by atoms with Gasteiger partial charge in [-0.15, -0.1) is 0 Å². The summed E-state index contributed by atoms with van der Waals surface area (Å²) in [6.07, 6.45) is 2.20. The molecular formula is C12H20N4O. The van der Waals surface area contributed by atoms with Crippen LogP contribution in [-0.2, 0) is 6.54 Å². The normalized spacial score (nSPS) is 22.5. The largest absolute Gasteiger partial charge is 0.395 e. The lowest BCUT2D eigenvalue weighted by atomic mass is 10.2. The second-order valence-corrected chi connectivity index (χ2v) is 4.65. The Morgan fingerprint density at radius 3 is 2.82 bits per heavy atom. The molecule has 5 heteroatoms. The molecule has 94 valence electrons. The number of hydrogen-bond acceptors (Lipinski definition) is 3. The number of anilines is 1. The van der Waals surface area contributed by atoms with Gasteiger partial charge in [-0.3, -0.25) is 9.48 Å². The van der Waals surface area contributed by atoms with Gasteiger partial charge in [0.05, 0.1) is 11.4 Å². The van der Waals surface area contributed by atoms with Crippen LogP contribution in [0, 0.1) is 12.8 Å². The van der Waals surface area contributed by atoms with E-state index >= 15 is 0 Å². The van der Waals surface area contributed by atoms with Crippen LogP contribution in [0.25, 0.3) is 0 Å². The Balaban J connectivity index is 2.13. The van der Waals surface area contributed by atoms with E-state index in [1.54, 1.807) is 4.68 Å². The van der Waals surface area contributed by atoms with Crippen LogP contribution in [0.1, 0.15) is 42.9 Å². The average molecular weight is 236 g/mol. The van der Waals surface area contributed by atoms with Crippen LogP contribution in [-0.4, -0.2) is 21.7 Å². The van der Waals surface area contributed by atoms with Crippen LogP contribution in [0.2, 0.25) is 0 Å². The van der Waals surface area contributed by atoms with E-state index in [1.807, 2.05) is 13.8 Å². The maximum atomic E-state index is 12.1. The van der Waals surface area contributed by atoms with Crippen LogP contribution in [0.15, 0.2) is 0 Å². The molecule has 0 saturated heterocycles. The Morgan fingerprint density at radius 2 is 2.29 bits per heavy atom. The van der Waals surface area contributed by atoms with Crippen molar-refractivity contribution in [2.75, 3.05) is 5.73 Å². The summed E-state index contributed by atoms with van der Waals surface area (Å²) in [6, 6.07) is 0.326. The lowest BCUT2D eigenvalue weighted by Gasteiger charge is -2.07. The molecular weight excluding hydrogens is 216 g/mol. The van der Waals surface area contributed by atoms with Crippen LogP contribution < -0.4 is 11.1 Å². The summed E-state index contributed by atoms with van der Waals surface area (Å²) in [5.74, 6) is 0.546. The van der Waals surface area contributed by atoms with Gasteiger partial charge in [0.2, 0.25) is 0 Å². The van der Waals surface area contributed by atoms with E-state index in [-0.39, 0.29) is 5.91 Å². The van der Waals surface area contributed by atoms with E-state index in [2.05, 4.69) is 17.3 Å². The first kappa shape index (κ1) is 12.0. The molecule has 1 heterocycles. The summed E-state index contributed by atoms with van der Waals surface area (Å²) in [6.45, 7) is 6.58. The van der Waals surface area contributed by atoms with E-state index in [0.29, 0.717) is 29.9 Å². The number of rotatable bonds is 4. The van der Waals surface area contributed by atoms with Crippen molar-refractivity contribution in [2.45, 2.75) is 46.2 Å². The fourth-order valence-corrected chi connectivity index (χ4v) is 2.18. The van der Waals surface area contributed by atoms with Gasteiger partial charge in [-0.1, -0.05) is 13.3 Å². The quantitative estimate of drug-likeness (QED) is 0.828. The first-order valence-corrected chi connectivity index (χ1v) is 6.22. The fraction of sp³-hybridized carbons (Fsp3) is 0.667. The Kier molecular flexibility index (Phi) is 3.09. The van der Waals surface area contributed by atoms with E-state index in [4.69, 9.17) is 5.73 Å². The van der Waals surface area contributed by atoms with Gasteiger partial charge in [0, 0.05) is 12.6 Å². The molecule has 0 radical (unpaired) electrons. The van der Waals surface area contributed by atoms with Gasteiger partial charge in [0.1, 0.15) is 5.69 Å². The monoisotopic (exact) mass is 236 g/mol.